The van der Waals surface area contributed by atoms with Gasteiger partial charge in [-0.05, 0) is 24.4 Å². The number of imide groups is 1. The summed E-state index contributed by atoms with van der Waals surface area (Å²) in [5.41, 5.74) is 9.20. The molecule has 9 heteroatoms. The van der Waals surface area contributed by atoms with E-state index in [1.54, 1.807) is 24.3 Å². The van der Waals surface area contributed by atoms with Crippen molar-refractivity contribution in [2.75, 3.05) is 6.61 Å². The standard InChI is InChI=1S/C15H14N4O4S/c16-15(24)18-17-9-5-10(11-6-22-14(9)23-11)19-12(20)7-3-1-2-4-8(7)13(19)21/h1-4,10-11,14H,5-6H2,(H3,16,18,24)/b17-9+/t10-,11-,14+/m1/s1. The quantitative estimate of drug-likeness (QED) is 0.440. The van der Waals surface area contributed by atoms with Crippen molar-refractivity contribution in [2.45, 2.75) is 24.9 Å². The Balaban J connectivity index is 1.65. The van der Waals surface area contributed by atoms with Gasteiger partial charge in [0.05, 0.1) is 29.5 Å². The van der Waals surface area contributed by atoms with Crippen LogP contribution in [0.3, 0.4) is 0 Å². The van der Waals surface area contributed by atoms with Crippen LogP contribution in [0.1, 0.15) is 27.1 Å². The zero-order chi connectivity index (χ0) is 16.8. The first-order valence-corrected chi connectivity index (χ1v) is 7.83. The fraction of sp³-hybridized carbons (Fsp3) is 0.333. The number of rotatable bonds is 2. The molecule has 2 bridgehead atoms. The van der Waals surface area contributed by atoms with Crippen molar-refractivity contribution in [1.82, 2.24) is 10.3 Å². The van der Waals surface area contributed by atoms with Gasteiger partial charge in [0.25, 0.3) is 11.8 Å². The summed E-state index contributed by atoms with van der Waals surface area (Å²) in [6.45, 7) is 0.287. The third-order valence-electron chi connectivity index (χ3n) is 4.30. The Kier molecular flexibility index (Phi) is 3.56. The second kappa shape index (κ2) is 5.62. The van der Waals surface area contributed by atoms with Crippen LogP contribution < -0.4 is 11.2 Å². The summed E-state index contributed by atoms with van der Waals surface area (Å²) in [5.74, 6) is -0.646. The van der Waals surface area contributed by atoms with Gasteiger partial charge < -0.3 is 15.2 Å². The number of ether oxygens (including phenoxy) is 2. The number of nitrogens with two attached hydrogens (primary N) is 1. The topological polar surface area (TPSA) is 106 Å². The van der Waals surface area contributed by atoms with Crippen molar-refractivity contribution in [2.24, 2.45) is 10.8 Å². The van der Waals surface area contributed by atoms with Crippen molar-refractivity contribution in [3.05, 3.63) is 35.4 Å². The smallest absolute Gasteiger partial charge is 0.261 e. The lowest BCUT2D eigenvalue weighted by atomic mass is 10.0. The molecular weight excluding hydrogens is 332 g/mol. The number of amides is 2. The Hall–Kier alpha value is -2.36. The Labute approximate surface area is 142 Å². The number of hydrazone groups is 1. The SMILES string of the molecule is NC(=S)N/N=C1\C[C@@H](N2C(=O)c3ccccc3C2=O)[C@H]2CO[C@H]1O2. The fourth-order valence-electron chi connectivity index (χ4n) is 3.23. The van der Waals surface area contributed by atoms with Gasteiger partial charge in [0.15, 0.2) is 11.4 Å². The molecule has 2 fully saturated rings. The Morgan fingerprint density at radius 3 is 2.58 bits per heavy atom. The molecule has 4 rings (SSSR count). The molecule has 3 aliphatic rings. The number of benzene rings is 1. The molecule has 0 aromatic heterocycles. The van der Waals surface area contributed by atoms with Gasteiger partial charge in [0, 0.05) is 6.42 Å². The molecule has 0 radical (unpaired) electrons. The molecule has 3 aliphatic heterocycles. The van der Waals surface area contributed by atoms with Crippen LogP contribution in [0.25, 0.3) is 0 Å². The first-order chi connectivity index (χ1) is 11.6. The van der Waals surface area contributed by atoms with Crippen molar-refractivity contribution in [3.63, 3.8) is 0 Å². The second-order valence-electron chi connectivity index (χ2n) is 5.72. The largest absolute Gasteiger partial charge is 0.375 e. The van der Waals surface area contributed by atoms with E-state index in [-0.39, 0.29) is 29.6 Å². The molecule has 3 atom stereocenters. The van der Waals surface area contributed by atoms with Gasteiger partial charge in [-0.2, -0.15) is 5.10 Å². The van der Waals surface area contributed by atoms with Crippen molar-refractivity contribution in [3.8, 4) is 0 Å². The summed E-state index contributed by atoms with van der Waals surface area (Å²) < 4.78 is 11.3. The maximum absolute atomic E-state index is 12.7. The van der Waals surface area contributed by atoms with E-state index in [2.05, 4.69) is 10.5 Å². The first kappa shape index (κ1) is 15.2. The van der Waals surface area contributed by atoms with Gasteiger partial charge in [-0.1, -0.05) is 12.1 Å². The number of hydrogen-bond donors (Lipinski definition) is 2. The number of hydrogen-bond acceptors (Lipinski definition) is 6. The Morgan fingerprint density at radius 1 is 1.29 bits per heavy atom. The Bertz CT molecular complexity index is 745. The number of fused-ring (bicyclic) bond motifs is 3. The van der Waals surface area contributed by atoms with E-state index in [4.69, 9.17) is 27.4 Å². The highest BCUT2D eigenvalue weighted by atomic mass is 32.1. The fourth-order valence-corrected chi connectivity index (χ4v) is 3.28. The van der Waals surface area contributed by atoms with Crippen LogP contribution in [0.4, 0.5) is 0 Å². The number of carbonyl (C=O) groups is 2. The minimum absolute atomic E-state index is 0.0138. The maximum atomic E-state index is 12.7. The predicted octanol–water partition coefficient (Wildman–Crippen LogP) is -0.0144. The van der Waals surface area contributed by atoms with Crippen LogP contribution >= 0.6 is 12.2 Å². The lowest BCUT2D eigenvalue weighted by Crippen LogP contribution is -2.52. The van der Waals surface area contributed by atoms with E-state index in [0.717, 1.165) is 0 Å². The van der Waals surface area contributed by atoms with E-state index in [0.29, 0.717) is 23.3 Å². The molecule has 2 saturated heterocycles. The van der Waals surface area contributed by atoms with Crippen LogP contribution in [0.5, 0.6) is 0 Å². The van der Waals surface area contributed by atoms with E-state index in [9.17, 15) is 9.59 Å². The predicted molar refractivity (Wildman–Crippen MR) is 87.3 cm³/mol. The van der Waals surface area contributed by atoms with E-state index in [1.807, 2.05) is 0 Å². The summed E-state index contributed by atoms with van der Waals surface area (Å²) in [4.78, 5) is 26.6. The molecule has 0 aliphatic carbocycles. The second-order valence-corrected chi connectivity index (χ2v) is 6.16. The summed E-state index contributed by atoms with van der Waals surface area (Å²) >= 11 is 4.73. The van der Waals surface area contributed by atoms with Crippen LogP contribution in [-0.2, 0) is 9.47 Å². The number of carbonyl (C=O) groups excluding carboxylic acids is 2. The Morgan fingerprint density at radius 2 is 1.96 bits per heavy atom. The minimum atomic E-state index is -0.608. The number of nitrogens with zero attached hydrogens (tertiary/aromatic N) is 2. The van der Waals surface area contributed by atoms with Crippen LogP contribution in [0, 0.1) is 0 Å². The zero-order valence-electron chi connectivity index (χ0n) is 12.5. The third-order valence-corrected chi connectivity index (χ3v) is 4.39. The average Bonchev–Trinajstić information content (AvgIpc) is 3.10. The average molecular weight is 346 g/mol. The molecular formula is C15H14N4O4S. The number of nitrogens with one attached hydrogen (secondary N) is 1. The van der Waals surface area contributed by atoms with E-state index in [1.165, 1.54) is 4.90 Å². The molecule has 124 valence electrons. The summed E-state index contributed by atoms with van der Waals surface area (Å²) in [6.07, 6.45) is -0.638. The van der Waals surface area contributed by atoms with Crippen LogP contribution in [-0.4, -0.2) is 52.6 Å². The van der Waals surface area contributed by atoms with Crippen LogP contribution in [0.2, 0.25) is 0 Å². The zero-order valence-corrected chi connectivity index (χ0v) is 13.3. The van der Waals surface area contributed by atoms with Gasteiger partial charge in [-0.3, -0.25) is 19.9 Å². The molecule has 3 N–H and O–H groups in total. The molecule has 2 amide bonds. The maximum Gasteiger partial charge on any atom is 0.261 e. The van der Waals surface area contributed by atoms with Gasteiger partial charge in [-0.25, -0.2) is 0 Å². The molecule has 0 unspecified atom stereocenters. The van der Waals surface area contributed by atoms with Gasteiger partial charge in [-0.15, -0.1) is 0 Å². The summed E-state index contributed by atoms with van der Waals surface area (Å²) in [5, 5.41) is 4.10. The highest BCUT2D eigenvalue weighted by Gasteiger charge is 2.50. The monoisotopic (exact) mass is 346 g/mol. The summed E-state index contributed by atoms with van der Waals surface area (Å²) in [6, 6.07) is 6.28. The molecule has 1 aromatic rings. The molecule has 8 nitrogen and oxygen atoms in total. The van der Waals surface area contributed by atoms with Gasteiger partial charge in [0.2, 0.25) is 0 Å². The first-order valence-electron chi connectivity index (χ1n) is 7.42. The molecule has 0 spiro atoms. The lowest BCUT2D eigenvalue weighted by Gasteiger charge is -2.33. The van der Waals surface area contributed by atoms with Gasteiger partial charge in [0.1, 0.15) is 6.10 Å². The van der Waals surface area contributed by atoms with Gasteiger partial charge >= 0.3 is 0 Å². The number of thiocarbonyl (C=S) groups is 1. The van der Waals surface area contributed by atoms with Crippen molar-refractivity contribution >= 4 is 34.9 Å². The summed E-state index contributed by atoms with van der Waals surface area (Å²) in [7, 11) is 0. The molecule has 24 heavy (non-hydrogen) atoms. The molecule has 1 aromatic carbocycles. The lowest BCUT2D eigenvalue weighted by molar-refractivity contribution is -0.0376. The van der Waals surface area contributed by atoms with Crippen molar-refractivity contribution in [1.29, 1.82) is 0 Å². The highest BCUT2D eigenvalue weighted by Crippen LogP contribution is 2.33. The highest BCUT2D eigenvalue weighted by molar-refractivity contribution is 7.80. The minimum Gasteiger partial charge on any atom is -0.375 e. The van der Waals surface area contributed by atoms with E-state index < -0.39 is 12.3 Å². The molecule has 0 saturated carbocycles. The molecule has 3 heterocycles. The normalized spacial score (nSPS) is 29.9. The van der Waals surface area contributed by atoms with E-state index >= 15 is 0 Å². The van der Waals surface area contributed by atoms with Crippen LogP contribution in [0.15, 0.2) is 29.4 Å². The third kappa shape index (κ3) is 2.29. The van der Waals surface area contributed by atoms with Crippen molar-refractivity contribution < 1.29 is 19.1 Å².